The second-order valence-electron chi connectivity index (χ2n) is 5.18. The van der Waals surface area contributed by atoms with Gasteiger partial charge in [-0.1, -0.05) is 42.5 Å². The van der Waals surface area contributed by atoms with E-state index in [1.165, 1.54) is 11.1 Å². The van der Waals surface area contributed by atoms with Crippen LogP contribution in [0.5, 0.6) is 0 Å². The van der Waals surface area contributed by atoms with E-state index < -0.39 is 0 Å². The number of aryl methyl sites for hydroxylation is 2. The summed E-state index contributed by atoms with van der Waals surface area (Å²) in [6.07, 6.45) is 3.25. The number of nitrogen functional groups attached to an aromatic ring is 1. The number of anilines is 1. The van der Waals surface area contributed by atoms with Crippen LogP contribution in [0.3, 0.4) is 0 Å². The molecular formula is C18H22N2O. The van der Waals surface area contributed by atoms with Crippen LogP contribution in [-0.2, 0) is 17.6 Å². The molecule has 3 nitrogen and oxygen atoms in total. The van der Waals surface area contributed by atoms with Crippen LogP contribution in [-0.4, -0.2) is 12.5 Å². The predicted molar refractivity (Wildman–Crippen MR) is 86.9 cm³/mol. The van der Waals surface area contributed by atoms with Crippen molar-refractivity contribution in [1.29, 1.82) is 0 Å². The standard InChI is InChI=1S/C18H22N2O/c19-17-11-8-16(9-12-17)7-4-14-20-18(21)13-10-15-5-2-1-3-6-15/h1-3,5-6,8-9,11-12H,4,7,10,13-14,19H2,(H,20,21). The molecule has 2 aromatic rings. The number of hydrogen-bond donors (Lipinski definition) is 2. The van der Waals surface area contributed by atoms with E-state index in [-0.39, 0.29) is 5.91 Å². The topological polar surface area (TPSA) is 55.1 Å². The Hall–Kier alpha value is -2.29. The second kappa shape index (κ2) is 8.10. The monoisotopic (exact) mass is 282 g/mol. The highest BCUT2D eigenvalue weighted by Gasteiger charge is 2.01. The van der Waals surface area contributed by atoms with E-state index in [1.807, 2.05) is 54.6 Å². The molecule has 3 heteroatoms. The van der Waals surface area contributed by atoms with Crippen LogP contribution in [0.1, 0.15) is 24.0 Å². The lowest BCUT2D eigenvalue weighted by Gasteiger charge is -2.06. The third-order valence-corrected chi connectivity index (χ3v) is 3.43. The van der Waals surface area contributed by atoms with E-state index in [0.717, 1.165) is 31.5 Å². The van der Waals surface area contributed by atoms with Gasteiger partial charge in [0.2, 0.25) is 5.91 Å². The molecule has 0 unspecified atom stereocenters. The van der Waals surface area contributed by atoms with Crippen molar-refractivity contribution in [2.75, 3.05) is 12.3 Å². The summed E-state index contributed by atoms with van der Waals surface area (Å²) in [5.74, 6) is 0.121. The highest BCUT2D eigenvalue weighted by molar-refractivity contribution is 5.76. The Morgan fingerprint density at radius 1 is 0.905 bits per heavy atom. The number of hydrogen-bond acceptors (Lipinski definition) is 2. The van der Waals surface area contributed by atoms with Crippen LogP contribution in [0.4, 0.5) is 5.69 Å². The maximum Gasteiger partial charge on any atom is 0.220 e. The summed E-state index contributed by atoms with van der Waals surface area (Å²) in [6, 6.07) is 18.0. The number of benzene rings is 2. The lowest BCUT2D eigenvalue weighted by Crippen LogP contribution is -2.24. The van der Waals surface area contributed by atoms with Crippen molar-refractivity contribution >= 4 is 11.6 Å². The van der Waals surface area contributed by atoms with E-state index in [2.05, 4.69) is 5.32 Å². The summed E-state index contributed by atoms with van der Waals surface area (Å²) in [6.45, 7) is 0.720. The Bertz CT molecular complexity index is 549. The van der Waals surface area contributed by atoms with Gasteiger partial charge < -0.3 is 11.1 Å². The molecule has 0 fully saturated rings. The molecule has 2 aromatic carbocycles. The van der Waals surface area contributed by atoms with Gasteiger partial charge in [0.15, 0.2) is 0 Å². The first-order chi connectivity index (χ1) is 10.2. The number of carbonyl (C=O) groups excluding carboxylic acids is 1. The van der Waals surface area contributed by atoms with E-state index in [4.69, 9.17) is 5.73 Å². The van der Waals surface area contributed by atoms with Gasteiger partial charge in [0, 0.05) is 18.7 Å². The zero-order valence-electron chi connectivity index (χ0n) is 12.2. The van der Waals surface area contributed by atoms with Crippen molar-refractivity contribution in [3.63, 3.8) is 0 Å². The normalized spacial score (nSPS) is 10.3. The van der Waals surface area contributed by atoms with E-state index in [9.17, 15) is 4.79 Å². The van der Waals surface area contributed by atoms with Crippen molar-refractivity contribution in [3.05, 3.63) is 65.7 Å². The molecule has 0 aliphatic heterocycles. The highest BCUT2D eigenvalue weighted by atomic mass is 16.1. The van der Waals surface area contributed by atoms with E-state index in [1.54, 1.807) is 0 Å². The van der Waals surface area contributed by atoms with Gasteiger partial charge in [-0.05, 0) is 42.5 Å². The second-order valence-corrected chi connectivity index (χ2v) is 5.18. The molecule has 110 valence electrons. The van der Waals surface area contributed by atoms with E-state index in [0.29, 0.717) is 6.42 Å². The quantitative estimate of drug-likeness (QED) is 0.606. The highest BCUT2D eigenvalue weighted by Crippen LogP contribution is 2.07. The van der Waals surface area contributed by atoms with Crippen molar-refractivity contribution in [2.45, 2.75) is 25.7 Å². The lowest BCUT2D eigenvalue weighted by molar-refractivity contribution is -0.121. The summed E-state index contributed by atoms with van der Waals surface area (Å²) in [5, 5.41) is 2.97. The van der Waals surface area contributed by atoms with E-state index >= 15 is 0 Å². The minimum atomic E-state index is 0.121. The fourth-order valence-electron chi connectivity index (χ4n) is 2.20. The van der Waals surface area contributed by atoms with Crippen molar-refractivity contribution in [2.24, 2.45) is 0 Å². The zero-order valence-corrected chi connectivity index (χ0v) is 12.2. The largest absolute Gasteiger partial charge is 0.399 e. The molecule has 0 aliphatic carbocycles. The molecule has 21 heavy (non-hydrogen) atoms. The van der Waals surface area contributed by atoms with Crippen molar-refractivity contribution in [1.82, 2.24) is 5.32 Å². The fourth-order valence-corrected chi connectivity index (χ4v) is 2.20. The average molecular weight is 282 g/mol. The Morgan fingerprint density at radius 3 is 2.29 bits per heavy atom. The number of nitrogens with two attached hydrogens (primary N) is 1. The molecule has 0 saturated heterocycles. The van der Waals surface area contributed by atoms with Crippen LogP contribution < -0.4 is 11.1 Å². The van der Waals surface area contributed by atoms with Crippen molar-refractivity contribution in [3.8, 4) is 0 Å². The molecular weight excluding hydrogens is 260 g/mol. The molecule has 0 saturated carbocycles. The average Bonchev–Trinajstić information content (AvgIpc) is 2.52. The zero-order chi connectivity index (χ0) is 14.9. The van der Waals surface area contributed by atoms with Crippen LogP contribution >= 0.6 is 0 Å². The van der Waals surface area contributed by atoms with Gasteiger partial charge in [-0.15, -0.1) is 0 Å². The van der Waals surface area contributed by atoms with Crippen LogP contribution in [0.2, 0.25) is 0 Å². The van der Waals surface area contributed by atoms with Gasteiger partial charge in [-0.25, -0.2) is 0 Å². The summed E-state index contributed by atoms with van der Waals surface area (Å²) in [7, 11) is 0. The number of rotatable bonds is 7. The summed E-state index contributed by atoms with van der Waals surface area (Å²) in [4.78, 5) is 11.7. The van der Waals surface area contributed by atoms with Gasteiger partial charge in [-0.2, -0.15) is 0 Å². The molecule has 0 radical (unpaired) electrons. The smallest absolute Gasteiger partial charge is 0.220 e. The Morgan fingerprint density at radius 2 is 1.57 bits per heavy atom. The Kier molecular flexibility index (Phi) is 5.83. The molecule has 0 atom stereocenters. The van der Waals surface area contributed by atoms with Crippen LogP contribution in [0.15, 0.2) is 54.6 Å². The van der Waals surface area contributed by atoms with Gasteiger partial charge in [0.25, 0.3) is 0 Å². The maximum atomic E-state index is 11.7. The lowest BCUT2D eigenvalue weighted by atomic mass is 10.1. The molecule has 0 heterocycles. The predicted octanol–water partition coefficient (Wildman–Crippen LogP) is 2.95. The Labute approximate surface area is 126 Å². The SMILES string of the molecule is Nc1ccc(CCCNC(=O)CCc2ccccc2)cc1. The van der Waals surface area contributed by atoms with Gasteiger partial charge in [-0.3, -0.25) is 4.79 Å². The molecule has 0 bridgehead atoms. The molecule has 0 spiro atoms. The molecule has 2 rings (SSSR count). The van der Waals surface area contributed by atoms with Crippen LogP contribution in [0.25, 0.3) is 0 Å². The Balaban J connectivity index is 1.60. The number of carbonyl (C=O) groups is 1. The first-order valence-corrected chi connectivity index (χ1v) is 7.39. The van der Waals surface area contributed by atoms with Gasteiger partial charge >= 0.3 is 0 Å². The minimum Gasteiger partial charge on any atom is -0.399 e. The molecule has 1 amide bonds. The maximum absolute atomic E-state index is 11.7. The molecule has 0 aromatic heterocycles. The molecule has 3 N–H and O–H groups in total. The summed E-state index contributed by atoms with van der Waals surface area (Å²) in [5.41, 5.74) is 8.89. The summed E-state index contributed by atoms with van der Waals surface area (Å²) >= 11 is 0. The summed E-state index contributed by atoms with van der Waals surface area (Å²) < 4.78 is 0. The first kappa shape index (κ1) is 15.1. The third kappa shape index (κ3) is 5.69. The van der Waals surface area contributed by atoms with Gasteiger partial charge in [0.1, 0.15) is 0 Å². The first-order valence-electron chi connectivity index (χ1n) is 7.39. The molecule has 0 aliphatic rings. The van der Waals surface area contributed by atoms with Gasteiger partial charge in [0.05, 0.1) is 0 Å². The number of nitrogens with one attached hydrogen (secondary N) is 1. The number of amides is 1. The third-order valence-electron chi connectivity index (χ3n) is 3.43. The minimum absolute atomic E-state index is 0.121. The van der Waals surface area contributed by atoms with Crippen molar-refractivity contribution < 1.29 is 4.79 Å². The van der Waals surface area contributed by atoms with Crippen LogP contribution in [0, 0.1) is 0 Å². The fraction of sp³-hybridized carbons (Fsp3) is 0.278.